The van der Waals surface area contributed by atoms with E-state index in [1.54, 1.807) is 64.1 Å². The van der Waals surface area contributed by atoms with Crippen molar-refractivity contribution in [2.75, 3.05) is 19.0 Å². The minimum Gasteiger partial charge on any atom is -0.508 e. The molecule has 2 rings (SSSR count). The number of unbranched alkanes of at least 4 members (excludes halogenated alkanes) is 2. The SMILES string of the molecule is CCCCCN(C(=O)C(CCC(N)=O)NC(=O)OC(C)(C)C)C(C(=O)Nc1ccc(OC)cc1)c1ccc(O)c(C)c1. The van der Waals surface area contributed by atoms with Crippen molar-refractivity contribution in [2.24, 2.45) is 5.73 Å². The van der Waals surface area contributed by atoms with Gasteiger partial charge in [0.15, 0.2) is 0 Å². The van der Waals surface area contributed by atoms with Crippen molar-refractivity contribution in [3.63, 3.8) is 0 Å². The van der Waals surface area contributed by atoms with Gasteiger partial charge < -0.3 is 35.8 Å². The Labute approximate surface area is 247 Å². The molecular weight excluding hydrogens is 540 g/mol. The lowest BCUT2D eigenvalue weighted by atomic mass is 9.99. The van der Waals surface area contributed by atoms with Crippen molar-refractivity contribution < 1.29 is 33.8 Å². The molecule has 2 atom stereocenters. The van der Waals surface area contributed by atoms with Gasteiger partial charge in [0.25, 0.3) is 5.91 Å². The molecule has 2 aromatic carbocycles. The summed E-state index contributed by atoms with van der Waals surface area (Å²) in [6.45, 7) is 8.98. The topological polar surface area (TPSA) is 160 Å². The molecule has 5 N–H and O–H groups in total. The molecule has 0 aliphatic heterocycles. The number of aryl methyl sites for hydroxylation is 1. The Morgan fingerprint density at radius 2 is 1.71 bits per heavy atom. The molecule has 0 saturated carbocycles. The van der Waals surface area contributed by atoms with E-state index in [0.717, 1.165) is 12.8 Å². The number of methoxy groups -OCH3 is 1. The Hall–Kier alpha value is -4.28. The predicted octanol–water partition coefficient (Wildman–Crippen LogP) is 4.57. The summed E-state index contributed by atoms with van der Waals surface area (Å²) in [5, 5.41) is 15.6. The minimum absolute atomic E-state index is 0.0443. The second kappa shape index (κ2) is 15.6. The largest absolute Gasteiger partial charge is 0.508 e. The van der Waals surface area contributed by atoms with Crippen molar-refractivity contribution in [1.82, 2.24) is 10.2 Å². The number of carbonyl (C=O) groups excluding carboxylic acids is 4. The number of aromatic hydroxyl groups is 1. The van der Waals surface area contributed by atoms with E-state index >= 15 is 0 Å². The van der Waals surface area contributed by atoms with Crippen LogP contribution in [0.4, 0.5) is 10.5 Å². The molecule has 0 aliphatic rings. The van der Waals surface area contributed by atoms with E-state index in [4.69, 9.17) is 15.2 Å². The summed E-state index contributed by atoms with van der Waals surface area (Å²) in [5.41, 5.74) is 6.02. The molecule has 0 heterocycles. The average Bonchev–Trinajstić information content (AvgIpc) is 2.91. The van der Waals surface area contributed by atoms with Crippen LogP contribution < -0.4 is 21.1 Å². The van der Waals surface area contributed by atoms with Gasteiger partial charge in [0, 0.05) is 18.7 Å². The highest BCUT2D eigenvalue weighted by Gasteiger charge is 2.36. The van der Waals surface area contributed by atoms with Gasteiger partial charge in [0.2, 0.25) is 11.8 Å². The first kappa shape index (κ1) is 33.9. The van der Waals surface area contributed by atoms with Crippen LogP contribution in [-0.2, 0) is 19.1 Å². The molecule has 0 bridgehead atoms. The molecule has 11 heteroatoms. The third kappa shape index (κ3) is 10.6. The van der Waals surface area contributed by atoms with Gasteiger partial charge in [-0.05, 0) is 88.1 Å². The quantitative estimate of drug-likeness (QED) is 0.237. The molecule has 0 saturated heterocycles. The van der Waals surface area contributed by atoms with Gasteiger partial charge in [-0.1, -0.05) is 25.8 Å². The molecule has 0 aromatic heterocycles. The number of nitrogens with one attached hydrogen (secondary N) is 2. The summed E-state index contributed by atoms with van der Waals surface area (Å²) in [7, 11) is 1.54. The van der Waals surface area contributed by atoms with Crippen LogP contribution in [0.1, 0.15) is 77.0 Å². The van der Waals surface area contributed by atoms with Crippen LogP contribution in [0.2, 0.25) is 0 Å². The predicted molar refractivity (Wildman–Crippen MR) is 160 cm³/mol. The number of carbonyl (C=O) groups is 4. The molecule has 0 aliphatic carbocycles. The summed E-state index contributed by atoms with van der Waals surface area (Å²) in [5.74, 6) is -1.05. The summed E-state index contributed by atoms with van der Waals surface area (Å²) < 4.78 is 10.6. The van der Waals surface area contributed by atoms with E-state index in [1.165, 1.54) is 18.1 Å². The highest BCUT2D eigenvalue weighted by atomic mass is 16.6. The molecule has 2 unspecified atom stereocenters. The van der Waals surface area contributed by atoms with Crippen LogP contribution in [0, 0.1) is 6.92 Å². The lowest BCUT2D eigenvalue weighted by Gasteiger charge is -2.34. The van der Waals surface area contributed by atoms with E-state index in [1.807, 2.05) is 6.92 Å². The van der Waals surface area contributed by atoms with Crippen molar-refractivity contribution in [2.45, 2.75) is 84.4 Å². The normalized spacial score (nSPS) is 12.5. The van der Waals surface area contributed by atoms with Crippen LogP contribution in [0.5, 0.6) is 11.5 Å². The standard InChI is InChI=1S/C31H44N4O7/c1-7-8-9-18-35(29(39)24(15-17-26(32)37)34-30(40)42-31(3,4)5)27(21-10-16-25(36)20(2)19-21)28(38)33-22-11-13-23(41-6)14-12-22/h10-14,16,19,24,27,36H,7-9,15,17-18H2,1-6H3,(H2,32,37)(H,33,38)(H,34,40). The number of amides is 4. The number of primary amides is 1. The summed E-state index contributed by atoms with van der Waals surface area (Å²) in [6, 6.07) is 9.13. The van der Waals surface area contributed by atoms with Crippen LogP contribution in [-0.4, -0.2) is 59.1 Å². The maximum Gasteiger partial charge on any atom is 0.408 e. The molecule has 0 fully saturated rings. The maximum absolute atomic E-state index is 14.2. The lowest BCUT2D eigenvalue weighted by molar-refractivity contribution is -0.141. The van der Waals surface area contributed by atoms with Crippen LogP contribution in [0.15, 0.2) is 42.5 Å². The number of benzene rings is 2. The molecule has 11 nitrogen and oxygen atoms in total. The van der Waals surface area contributed by atoms with Crippen molar-refractivity contribution >= 4 is 29.5 Å². The Bertz CT molecular complexity index is 1220. The second-order valence-corrected chi connectivity index (χ2v) is 11.1. The Morgan fingerprint density at radius 3 is 2.26 bits per heavy atom. The first-order valence-corrected chi connectivity index (χ1v) is 14.1. The van der Waals surface area contributed by atoms with E-state index in [0.29, 0.717) is 29.0 Å². The van der Waals surface area contributed by atoms with Gasteiger partial charge in [-0.25, -0.2) is 4.79 Å². The van der Waals surface area contributed by atoms with E-state index in [9.17, 15) is 24.3 Å². The number of nitrogens with zero attached hydrogens (tertiary/aromatic N) is 1. The summed E-state index contributed by atoms with van der Waals surface area (Å²) in [4.78, 5) is 54.0. The van der Waals surface area contributed by atoms with Crippen LogP contribution >= 0.6 is 0 Å². The van der Waals surface area contributed by atoms with E-state index in [-0.39, 0.29) is 25.1 Å². The van der Waals surface area contributed by atoms with Gasteiger partial charge >= 0.3 is 6.09 Å². The molecule has 42 heavy (non-hydrogen) atoms. The van der Waals surface area contributed by atoms with Crippen molar-refractivity contribution in [3.8, 4) is 11.5 Å². The summed E-state index contributed by atoms with van der Waals surface area (Å²) in [6.07, 6.45) is 1.15. The first-order valence-electron chi connectivity index (χ1n) is 14.1. The van der Waals surface area contributed by atoms with E-state index in [2.05, 4.69) is 10.6 Å². The fraction of sp³-hybridized carbons (Fsp3) is 0.484. The molecular formula is C31H44N4O7. The molecule has 0 spiro atoms. The zero-order valence-corrected chi connectivity index (χ0v) is 25.4. The number of hydrogen-bond donors (Lipinski definition) is 4. The number of anilines is 1. The second-order valence-electron chi connectivity index (χ2n) is 11.1. The Balaban J connectivity index is 2.57. The van der Waals surface area contributed by atoms with E-state index < -0.39 is 41.5 Å². The van der Waals surface area contributed by atoms with Gasteiger partial charge in [-0.2, -0.15) is 0 Å². The number of phenols is 1. The molecule has 2 aromatic rings. The number of alkyl carbamates (subject to hydrolysis) is 1. The number of rotatable bonds is 14. The fourth-order valence-electron chi connectivity index (χ4n) is 4.30. The number of hydrogen-bond acceptors (Lipinski definition) is 7. The lowest BCUT2D eigenvalue weighted by Crippen LogP contribution is -2.52. The van der Waals surface area contributed by atoms with Gasteiger partial charge in [0.1, 0.15) is 29.2 Å². The van der Waals surface area contributed by atoms with Crippen molar-refractivity contribution in [3.05, 3.63) is 53.6 Å². The zero-order chi connectivity index (χ0) is 31.4. The highest BCUT2D eigenvalue weighted by molar-refractivity contribution is 5.99. The minimum atomic E-state index is -1.19. The van der Waals surface area contributed by atoms with Gasteiger partial charge in [-0.15, -0.1) is 0 Å². The highest BCUT2D eigenvalue weighted by Crippen LogP contribution is 2.29. The number of ether oxygens (including phenoxy) is 2. The molecule has 4 amide bonds. The van der Waals surface area contributed by atoms with Gasteiger partial charge in [0.05, 0.1) is 7.11 Å². The maximum atomic E-state index is 14.2. The smallest absolute Gasteiger partial charge is 0.408 e. The number of phenolic OH excluding ortho intramolecular Hbond substituents is 1. The monoisotopic (exact) mass is 584 g/mol. The van der Waals surface area contributed by atoms with Crippen LogP contribution in [0.3, 0.4) is 0 Å². The van der Waals surface area contributed by atoms with Crippen LogP contribution in [0.25, 0.3) is 0 Å². The fourth-order valence-corrected chi connectivity index (χ4v) is 4.30. The molecule has 230 valence electrons. The molecule has 0 radical (unpaired) electrons. The first-order chi connectivity index (χ1) is 19.7. The van der Waals surface area contributed by atoms with Gasteiger partial charge in [-0.3, -0.25) is 14.4 Å². The zero-order valence-electron chi connectivity index (χ0n) is 25.4. The van der Waals surface area contributed by atoms with Crippen molar-refractivity contribution in [1.29, 1.82) is 0 Å². The average molecular weight is 585 g/mol. The Morgan fingerprint density at radius 1 is 1.05 bits per heavy atom. The Kier molecular flexibility index (Phi) is 12.6. The summed E-state index contributed by atoms with van der Waals surface area (Å²) >= 11 is 0. The third-order valence-electron chi connectivity index (χ3n) is 6.41. The number of nitrogens with two attached hydrogens (primary N) is 1. The third-order valence-corrected chi connectivity index (χ3v) is 6.41.